The SMILES string of the molecule is COc1cccc2c1S(=O)(=O)CC1(CCC1)C(=O)N2. The van der Waals surface area contributed by atoms with Crippen LogP contribution in [0.4, 0.5) is 5.69 Å². The van der Waals surface area contributed by atoms with Crippen LogP contribution < -0.4 is 10.1 Å². The van der Waals surface area contributed by atoms with Gasteiger partial charge in [-0.1, -0.05) is 12.5 Å². The van der Waals surface area contributed by atoms with Crippen LogP contribution in [0, 0.1) is 5.41 Å². The number of carbonyl (C=O) groups excluding carboxylic acids is 1. The van der Waals surface area contributed by atoms with E-state index in [2.05, 4.69) is 5.32 Å². The lowest BCUT2D eigenvalue weighted by molar-refractivity contribution is -0.128. The summed E-state index contributed by atoms with van der Waals surface area (Å²) >= 11 is 0. The lowest BCUT2D eigenvalue weighted by Crippen LogP contribution is -2.45. The molecule has 1 N–H and O–H groups in total. The van der Waals surface area contributed by atoms with Crippen molar-refractivity contribution in [2.24, 2.45) is 5.41 Å². The highest BCUT2D eigenvalue weighted by Crippen LogP contribution is 2.48. The van der Waals surface area contributed by atoms with Crippen LogP contribution in [0.1, 0.15) is 19.3 Å². The molecule has 1 fully saturated rings. The summed E-state index contributed by atoms with van der Waals surface area (Å²) < 4.78 is 30.2. The van der Waals surface area contributed by atoms with E-state index >= 15 is 0 Å². The van der Waals surface area contributed by atoms with Gasteiger partial charge in [-0.25, -0.2) is 8.42 Å². The highest BCUT2D eigenvalue weighted by Gasteiger charge is 2.50. The van der Waals surface area contributed by atoms with Gasteiger partial charge in [0.05, 0.1) is 24.0 Å². The first kappa shape index (κ1) is 12.5. The third-order valence-electron chi connectivity index (χ3n) is 4.02. The van der Waals surface area contributed by atoms with Crippen LogP contribution >= 0.6 is 0 Å². The van der Waals surface area contributed by atoms with Crippen molar-refractivity contribution in [3.63, 3.8) is 0 Å². The van der Waals surface area contributed by atoms with Crippen LogP contribution in [0.15, 0.2) is 23.1 Å². The van der Waals surface area contributed by atoms with Gasteiger partial charge in [-0.3, -0.25) is 4.79 Å². The van der Waals surface area contributed by atoms with Crippen LogP contribution in [-0.2, 0) is 14.6 Å². The van der Waals surface area contributed by atoms with Crippen LogP contribution in [0.25, 0.3) is 0 Å². The number of ether oxygens (including phenoxy) is 1. The Kier molecular flexibility index (Phi) is 2.60. The second-order valence-electron chi connectivity index (χ2n) is 5.18. The van der Waals surface area contributed by atoms with Gasteiger partial charge >= 0.3 is 0 Å². The number of carbonyl (C=O) groups is 1. The fraction of sp³-hybridized carbons (Fsp3) is 0.462. The van der Waals surface area contributed by atoms with Crippen molar-refractivity contribution in [2.75, 3.05) is 18.2 Å². The smallest absolute Gasteiger partial charge is 0.231 e. The molecule has 1 amide bonds. The molecule has 0 radical (unpaired) electrons. The Morgan fingerprint density at radius 3 is 2.63 bits per heavy atom. The van der Waals surface area contributed by atoms with E-state index in [0.29, 0.717) is 18.5 Å². The van der Waals surface area contributed by atoms with Crippen LogP contribution in [0.3, 0.4) is 0 Å². The Morgan fingerprint density at radius 1 is 1.32 bits per heavy atom. The fourth-order valence-corrected chi connectivity index (χ4v) is 5.03. The first-order valence-corrected chi connectivity index (χ1v) is 7.85. The summed E-state index contributed by atoms with van der Waals surface area (Å²) in [5.41, 5.74) is -0.420. The molecule has 1 aromatic rings. The first-order chi connectivity index (χ1) is 8.98. The Bertz CT molecular complexity index is 647. The average molecular weight is 281 g/mol. The molecule has 0 atom stereocenters. The molecule has 1 spiro atoms. The number of sulfone groups is 1. The minimum atomic E-state index is -3.53. The van der Waals surface area contributed by atoms with Crippen molar-refractivity contribution in [3.8, 4) is 5.75 Å². The number of rotatable bonds is 1. The Balaban J connectivity index is 2.20. The van der Waals surface area contributed by atoms with E-state index in [-0.39, 0.29) is 22.3 Å². The molecule has 3 rings (SSSR count). The quantitative estimate of drug-likeness (QED) is 0.848. The average Bonchev–Trinajstić information content (AvgIpc) is 2.41. The van der Waals surface area contributed by atoms with Gasteiger partial charge in [-0.15, -0.1) is 0 Å². The maximum Gasteiger partial charge on any atom is 0.231 e. The van der Waals surface area contributed by atoms with Gasteiger partial charge in [0, 0.05) is 0 Å². The zero-order valence-corrected chi connectivity index (χ0v) is 11.4. The topological polar surface area (TPSA) is 72.5 Å². The number of hydrogen-bond acceptors (Lipinski definition) is 4. The molecule has 1 aromatic carbocycles. The van der Waals surface area contributed by atoms with Gasteiger partial charge in [0.25, 0.3) is 0 Å². The summed E-state index contributed by atoms with van der Waals surface area (Å²) in [6, 6.07) is 4.87. The van der Waals surface area contributed by atoms with Crippen molar-refractivity contribution in [3.05, 3.63) is 18.2 Å². The molecular weight excluding hydrogens is 266 g/mol. The maximum absolute atomic E-state index is 12.6. The first-order valence-electron chi connectivity index (χ1n) is 6.20. The number of amides is 1. The molecule has 19 heavy (non-hydrogen) atoms. The molecule has 1 aliphatic carbocycles. The van der Waals surface area contributed by atoms with E-state index in [4.69, 9.17) is 4.74 Å². The number of anilines is 1. The zero-order valence-electron chi connectivity index (χ0n) is 10.6. The van der Waals surface area contributed by atoms with Crippen molar-refractivity contribution >= 4 is 21.4 Å². The van der Waals surface area contributed by atoms with E-state index in [1.54, 1.807) is 18.2 Å². The van der Waals surface area contributed by atoms with Gasteiger partial charge in [0.15, 0.2) is 9.84 Å². The summed E-state index contributed by atoms with van der Waals surface area (Å²) in [6.07, 6.45) is 2.17. The predicted octanol–water partition coefficient (Wildman–Crippen LogP) is 1.59. The van der Waals surface area contributed by atoms with E-state index in [0.717, 1.165) is 6.42 Å². The third-order valence-corrected chi connectivity index (χ3v) is 5.99. The summed E-state index contributed by atoms with van der Waals surface area (Å²) in [6.45, 7) is 0. The molecule has 0 bridgehead atoms. The van der Waals surface area contributed by atoms with Gasteiger partial charge < -0.3 is 10.1 Å². The van der Waals surface area contributed by atoms with Crippen LogP contribution in [0.2, 0.25) is 0 Å². The molecule has 1 heterocycles. The Morgan fingerprint density at radius 2 is 2.05 bits per heavy atom. The van der Waals surface area contributed by atoms with E-state index in [1.807, 2.05) is 0 Å². The monoisotopic (exact) mass is 281 g/mol. The third kappa shape index (κ3) is 1.74. The van der Waals surface area contributed by atoms with Crippen molar-refractivity contribution in [1.29, 1.82) is 0 Å². The zero-order chi connectivity index (χ0) is 13.7. The molecular formula is C13H15NO4S. The maximum atomic E-state index is 12.6. The molecule has 5 nitrogen and oxygen atoms in total. The molecule has 0 saturated heterocycles. The molecule has 102 valence electrons. The standard InChI is InChI=1S/C13H15NO4S/c1-18-10-5-2-4-9-11(10)19(16,17)8-13(6-3-7-13)12(15)14-9/h2,4-5H,3,6-8H2,1H3,(H,14,15). The molecule has 0 unspecified atom stereocenters. The minimum absolute atomic E-state index is 0.106. The highest BCUT2D eigenvalue weighted by atomic mass is 32.2. The normalized spacial score (nSPS) is 22.9. The van der Waals surface area contributed by atoms with E-state index in [1.165, 1.54) is 7.11 Å². The Labute approximate surface area is 111 Å². The molecule has 6 heteroatoms. The van der Waals surface area contributed by atoms with Gasteiger partial charge in [-0.2, -0.15) is 0 Å². The van der Waals surface area contributed by atoms with Crippen molar-refractivity contribution in [2.45, 2.75) is 24.2 Å². The van der Waals surface area contributed by atoms with Crippen LogP contribution in [-0.4, -0.2) is 27.2 Å². The number of nitrogens with one attached hydrogen (secondary N) is 1. The van der Waals surface area contributed by atoms with E-state index in [9.17, 15) is 13.2 Å². The lowest BCUT2D eigenvalue weighted by Gasteiger charge is -2.38. The molecule has 1 aliphatic heterocycles. The molecule has 0 aromatic heterocycles. The van der Waals surface area contributed by atoms with Crippen molar-refractivity contribution in [1.82, 2.24) is 0 Å². The number of methoxy groups -OCH3 is 1. The number of fused-ring (bicyclic) bond motifs is 1. The van der Waals surface area contributed by atoms with Gasteiger partial charge in [-0.05, 0) is 25.0 Å². The lowest BCUT2D eigenvalue weighted by atomic mass is 9.69. The summed E-state index contributed by atoms with van der Waals surface area (Å²) in [5, 5.41) is 2.75. The number of hydrogen-bond donors (Lipinski definition) is 1. The van der Waals surface area contributed by atoms with Gasteiger partial charge in [0.1, 0.15) is 10.6 Å². The fourth-order valence-electron chi connectivity index (χ4n) is 2.83. The van der Waals surface area contributed by atoms with Crippen LogP contribution in [0.5, 0.6) is 5.75 Å². The minimum Gasteiger partial charge on any atom is -0.495 e. The summed E-state index contributed by atoms with van der Waals surface area (Å²) in [4.78, 5) is 12.4. The largest absolute Gasteiger partial charge is 0.495 e. The van der Waals surface area contributed by atoms with E-state index < -0.39 is 15.3 Å². The second-order valence-corrected chi connectivity index (χ2v) is 7.11. The Hall–Kier alpha value is -1.56. The predicted molar refractivity (Wildman–Crippen MR) is 70.0 cm³/mol. The summed E-state index contributed by atoms with van der Waals surface area (Å²) in [7, 11) is -2.10. The second kappa shape index (κ2) is 3.96. The molecule has 2 aliphatic rings. The van der Waals surface area contributed by atoms with Crippen molar-refractivity contribution < 1.29 is 17.9 Å². The molecule has 1 saturated carbocycles. The number of benzene rings is 1. The highest BCUT2D eigenvalue weighted by molar-refractivity contribution is 7.91. The summed E-state index contributed by atoms with van der Waals surface area (Å²) in [5.74, 6) is -0.0253. The van der Waals surface area contributed by atoms with Gasteiger partial charge in [0.2, 0.25) is 5.91 Å².